The molecule has 15 heavy (non-hydrogen) atoms. The van der Waals surface area contributed by atoms with Gasteiger partial charge in [-0.25, -0.2) is 4.79 Å². The molecule has 4 nitrogen and oxygen atoms in total. The van der Waals surface area contributed by atoms with Gasteiger partial charge >= 0.3 is 6.09 Å². The predicted molar refractivity (Wildman–Crippen MR) is 53.7 cm³/mol. The molecule has 4 heteroatoms. The summed E-state index contributed by atoms with van der Waals surface area (Å²) in [4.78, 5) is 22.2. The Kier molecular flexibility index (Phi) is 2.41. The molecule has 0 spiro atoms. The molecule has 1 N–H and O–H groups in total. The van der Waals surface area contributed by atoms with Gasteiger partial charge in [0.25, 0.3) is 0 Å². The van der Waals surface area contributed by atoms with E-state index in [0.717, 1.165) is 5.56 Å². The number of rotatable bonds is 2. The number of Topliss-reactive ketones (excluding diaryl/α,β-unsaturated/α-hetero) is 1. The van der Waals surface area contributed by atoms with E-state index in [1.54, 1.807) is 12.1 Å². The molecule has 1 aromatic rings. The summed E-state index contributed by atoms with van der Waals surface area (Å²) in [6.07, 6.45) is -0.432. The quantitative estimate of drug-likeness (QED) is 0.747. The predicted octanol–water partition coefficient (Wildman–Crippen LogP) is 1.67. The second-order valence-corrected chi connectivity index (χ2v) is 3.44. The van der Waals surface area contributed by atoms with Gasteiger partial charge in [-0.1, -0.05) is 24.3 Å². The van der Waals surface area contributed by atoms with Crippen molar-refractivity contribution < 1.29 is 14.3 Å². The normalized spacial score (nSPS) is 19.5. The smallest absolute Gasteiger partial charge is 0.407 e. The molecule has 1 saturated heterocycles. The Morgan fingerprint density at radius 3 is 2.80 bits per heavy atom. The van der Waals surface area contributed by atoms with Gasteiger partial charge in [0.15, 0.2) is 5.78 Å². The minimum Gasteiger partial charge on any atom is -0.447 e. The minimum absolute atomic E-state index is 0.00764. The van der Waals surface area contributed by atoms with Crippen molar-refractivity contribution in [3.63, 3.8) is 0 Å². The van der Waals surface area contributed by atoms with E-state index in [9.17, 15) is 9.59 Å². The molecule has 0 aliphatic carbocycles. The molecule has 1 amide bonds. The first-order chi connectivity index (χ1) is 7.18. The van der Waals surface area contributed by atoms with E-state index in [0.29, 0.717) is 5.56 Å². The highest BCUT2D eigenvalue weighted by molar-refractivity contribution is 5.95. The standard InChI is InChI=1S/C11H11NO3/c1-7(13)8-4-2-3-5-9(8)10-6-15-11(14)12-10/h2-5,10H,6H2,1H3,(H,12,14). The van der Waals surface area contributed by atoms with Gasteiger partial charge in [0.1, 0.15) is 6.61 Å². The monoisotopic (exact) mass is 205 g/mol. The van der Waals surface area contributed by atoms with Crippen LogP contribution in [0.3, 0.4) is 0 Å². The zero-order chi connectivity index (χ0) is 10.8. The lowest BCUT2D eigenvalue weighted by molar-refractivity contribution is 0.101. The van der Waals surface area contributed by atoms with Crippen LogP contribution < -0.4 is 5.32 Å². The van der Waals surface area contributed by atoms with E-state index < -0.39 is 6.09 Å². The van der Waals surface area contributed by atoms with Crippen molar-refractivity contribution in [3.05, 3.63) is 35.4 Å². The number of benzene rings is 1. The molecule has 2 rings (SSSR count). The summed E-state index contributed by atoms with van der Waals surface area (Å²) < 4.78 is 4.79. The highest BCUT2D eigenvalue weighted by Gasteiger charge is 2.26. The van der Waals surface area contributed by atoms with E-state index in [4.69, 9.17) is 4.74 Å². The van der Waals surface area contributed by atoms with Crippen LogP contribution >= 0.6 is 0 Å². The minimum atomic E-state index is -0.432. The van der Waals surface area contributed by atoms with Crippen LogP contribution in [0.1, 0.15) is 28.9 Å². The summed E-state index contributed by atoms with van der Waals surface area (Å²) in [5.74, 6) is -0.00764. The van der Waals surface area contributed by atoms with Crippen LogP contribution in [-0.2, 0) is 4.74 Å². The van der Waals surface area contributed by atoms with Crippen LogP contribution in [0.25, 0.3) is 0 Å². The average molecular weight is 205 g/mol. The molecule has 1 aliphatic heterocycles. The third-order valence-corrected chi connectivity index (χ3v) is 2.39. The maximum Gasteiger partial charge on any atom is 0.407 e. The first-order valence-corrected chi connectivity index (χ1v) is 4.71. The molecular formula is C11H11NO3. The molecule has 78 valence electrons. The van der Waals surface area contributed by atoms with Crippen LogP contribution in [0.5, 0.6) is 0 Å². The van der Waals surface area contributed by atoms with Crippen molar-refractivity contribution in [2.45, 2.75) is 13.0 Å². The van der Waals surface area contributed by atoms with E-state index in [1.807, 2.05) is 12.1 Å². The Hall–Kier alpha value is -1.84. The maximum absolute atomic E-state index is 11.4. The van der Waals surface area contributed by atoms with E-state index in [2.05, 4.69) is 5.32 Å². The Morgan fingerprint density at radius 2 is 2.20 bits per heavy atom. The molecule has 1 aliphatic rings. The molecule has 0 bridgehead atoms. The van der Waals surface area contributed by atoms with E-state index >= 15 is 0 Å². The topological polar surface area (TPSA) is 55.4 Å². The first-order valence-electron chi connectivity index (χ1n) is 4.71. The van der Waals surface area contributed by atoms with Gasteiger partial charge in [-0.2, -0.15) is 0 Å². The largest absolute Gasteiger partial charge is 0.447 e. The summed E-state index contributed by atoms with van der Waals surface area (Å²) in [6, 6.07) is 7.01. The van der Waals surface area contributed by atoms with Crippen molar-refractivity contribution in [3.8, 4) is 0 Å². The first kappa shape index (κ1) is 9.71. The number of ketones is 1. The number of hydrogen-bond donors (Lipinski definition) is 1. The molecule has 1 fully saturated rings. The van der Waals surface area contributed by atoms with Gasteiger partial charge in [-0.05, 0) is 12.5 Å². The van der Waals surface area contributed by atoms with Gasteiger partial charge in [0.2, 0.25) is 0 Å². The van der Waals surface area contributed by atoms with Gasteiger partial charge in [-0.3, -0.25) is 4.79 Å². The number of carbonyl (C=O) groups is 2. The van der Waals surface area contributed by atoms with Gasteiger partial charge in [-0.15, -0.1) is 0 Å². The Bertz CT molecular complexity index is 414. The lowest BCUT2D eigenvalue weighted by Crippen LogP contribution is -2.20. The van der Waals surface area contributed by atoms with Crippen LogP contribution in [0, 0.1) is 0 Å². The molecule has 1 unspecified atom stereocenters. The van der Waals surface area contributed by atoms with Crippen LogP contribution in [0.4, 0.5) is 4.79 Å². The summed E-state index contributed by atoms with van der Waals surface area (Å²) in [5.41, 5.74) is 1.45. The maximum atomic E-state index is 11.4. The Labute approximate surface area is 87.2 Å². The lowest BCUT2D eigenvalue weighted by atomic mass is 9.99. The van der Waals surface area contributed by atoms with E-state index in [-0.39, 0.29) is 18.4 Å². The average Bonchev–Trinajstić information content (AvgIpc) is 2.65. The van der Waals surface area contributed by atoms with Gasteiger partial charge < -0.3 is 10.1 Å². The SMILES string of the molecule is CC(=O)c1ccccc1C1COC(=O)N1. The van der Waals surface area contributed by atoms with Crippen molar-refractivity contribution in [2.75, 3.05) is 6.61 Å². The summed E-state index contributed by atoms with van der Waals surface area (Å²) in [5, 5.41) is 2.65. The number of ether oxygens (including phenoxy) is 1. The fourth-order valence-electron chi connectivity index (χ4n) is 1.67. The molecule has 0 aromatic heterocycles. The van der Waals surface area contributed by atoms with Crippen LogP contribution in [-0.4, -0.2) is 18.5 Å². The van der Waals surface area contributed by atoms with Crippen molar-refractivity contribution in [1.29, 1.82) is 0 Å². The zero-order valence-corrected chi connectivity index (χ0v) is 8.32. The third kappa shape index (κ3) is 1.83. The number of amides is 1. The highest BCUT2D eigenvalue weighted by Crippen LogP contribution is 2.22. The fraction of sp³-hybridized carbons (Fsp3) is 0.273. The van der Waals surface area contributed by atoms with Crippen molar-refractivity contribution in [2.24, 2.45) is 0 Å². The second kappa shape index (κ2) is 3.73. The lowest BCUT2D eigenvalue weighted by Gasteiger charge is -2.11. The summed E-state index contributed by atoms with van der Waals surface area (Å²) in [7, 11) is 0. The Balaban J connectivity index is 2.35. The summed E-state index contributed by atoms with van der Waals surface area (Å²) >= 11 is 0. The van der Waals surface area contributed by atoms with Crippen molar-refractivity contribution in [1.82, 2.24) is 5.32 Å². The molecule has 1 heterocycles. The summed E-state index contributed by atoms with van der Waals surface area (Å²) in [6.45, 7) is 1.79. The molecule has 0 radical (unpaired) electrons. The molecular weight excluding hydrogens is 194 g/mol. The van der Waals surface area contributed by atoms with E-state index in [1.165, 1.54) is 6.92 Å². The highest BCUT2D eigenvalue weighted by atomic mass is 16.6. The number of nitrogens with one attached hydrogen (secondary N) is 1. The number of alkyl carbamates (subject to hydrolysis) is 1. The van der Waals surface area contributed by atoms with Gasteiger partial charge in [0, 0.05) is 5.56 Å². The number of cyclic esters (lactones) is 1. The number of hydrogen-bond acceptors (Lipinski definition) is 3. The molecule has 1 aromatic carbocycles. The van der Waals surface area contributed by atoms with Crippen molar-refractivity contribution >= 4 is 11.9 Å². The Morgan fingerprint density at radius 1 is 1.47 bits per heavy atom. The fourth-order valence-corrected chi connectivity index (χ4v) is 1.67. The molecule has 0 saturated carbocycles. The molecule has 1 atom stereocenters. The van der Waals surface area contributed by atoms with Gasteiger partial charge in [0.05, 0.1) is 6.04 Å². The van der Waals surface area contributed by atoms with Crippen LogP contribution in [0.2, 0.25) is 0 Å². The second-order valence-electron chi connectivity index (χ2n) is 3.44. The zero-order valence-electron chi connectivity index (χ0n) is 8.32. The van der Waals surface area contributed by atoms with Crippen LogP contribution in [0.15, 0.2) is 24.3 Å². The number of carbonyl (C=O) groups excluding carboxylic acids is 2. The third-order valence-electron chi connectivity index (χ3n) is 2.39.